The number of non-ortho nitro benzene ring substituents is 1. The third-order valence-corrected chi connectivity index (χ3v) is 4.83. The second kappa shape index (κ2) is 13.7. The number of carbonyl (C=O) groups is 2. The normalized spacial score (nSPS) is 12.9. The molecule has 2 atom stereocenters. The van der Waals surface area contributed by atoms with Crippen molar-refractivity contribution in [2.24, 2.45) is 5.92 Å². The third-order valence-electron chi connectivity index (χ3n) is 4.83. The van der Waals surface area contributed by atoms with Crippen molar-refractivity contribution in [1.82, 2.24) is 0 Å². The van der Waals surface area contributed by atoms with Crippen LogP contribution in [0.2, 0.25) is 0 Å². The molecular weight excluding hydrogens is 378 g/mol. The zero-order valence-corrected chi connectivity index (χ0v) is 16.9. The van der Waals surface area contributed by atoms with Crippen LogP contribution in [0.15, 0.2) is 24.3 Å². The molecule has 1 aromatic carbocycles. The number of aliphatic carboxylic acids is 1. The van der Waals surface area contributed by atoms with Gasteiger partial charge in [0, 0.05) is 18.4 Å². The Bertz CT molecular complexity index is 662. The van der Waals surface area contributed by atoms with Gasteiger partial charge >= 0.3 is 5.97 Å². The molecule has 0 aliphatic rings. The van der Waals surface area contributed by atoms with Crippen molar-refractivity contribution < 1.29 is 29.5 Å². The lowest BCUT2D eigenvalue weighted by Gasteiger charge is -2.16. The molecule has 0 heterocycles. The van der Waals surface area contributed by atoms with Gasteiger partial charge in [-0.15, -0.1) is 0 Å². The van der Waals surface area contributed by atoms with Crippen LogP contribution in [0.1, 0.15) is 64.7 Å². The van der Waals surface area contributed by atoms with Gasteiger partial charge in [0.1, 0.15) is 18.1 Å². The predicted molar refractivity (Wildman–Crippen MR) is 108 cm³/mol. The molecule has 8 heteroatoms. The molecule has 162 valence electrons. The zero-order valence-electron chi connectivity index (χ0n) is 16.9. The van der Waals surface area contributed by atoms with Crippen LogP contribution in [0, 0.1) is 16.0 Å². The molecule has 0 aliphatic heterocycles. The van der Waals surface area contributed by atoms with Gasteiger partial charge < -0.3 is 14.9 Å². The maximum Gasteiger partial charge on any atom is 0.303 e. The first kappa shape index (κ1) is 24.6. The Balaban J connectivity index is 2.24. The van der Waals surface area contributed by atoms with E-state index in [0.717, 1.165) is 25.7 Å². The number of Topliss-reactive ketones (excluding diaryl/α,β-unsaturated/α-hetero) is 1. The number of aliphatic hydroxyl groups excluding tert-OH is 1. The first-order valence-corrected chi connectivity index (χ1v) is 10.1. The molecule has 0 saturated heterocycles. The van der Waals surface area contributed by atoms with Crippen molar-refractivity contribution in [1.29, 1.82) is 0 Å². The fourth-order valence-corrected chi connectivity index (χ4v) is 3.13. The van der Waals surface area contributed by atoms with E-state index >= 15 is 0 Å². The van der Waals surface area contributed by atoms with Crippen LogP contribution in [0.25, 0.3) is 0 Å². The highest BCUT2D eigenvalue weighted by Crippen LogP contribution is 2.21. The zero-order chi connectivity index (χ0) is 21.6. The summed E-state index contributed by atoms with van der Waals surface area (Å²) in [6.45, 7) is 1.62. The molecular formula is C21H31NO7. The fourth-order valence-electron chi connectivity index (χ4n) is 3.13. The minimum absolute atomic E-state index is 0.0372. The second-order valence-corrected chi connectivity index (χ2v) is 7.30. The second-order valence-electron chi connectivity index (χ2n) is 7.30. The molecule has 2 N–H and O–H groups in total. The molecule has 0 bridgehead atoms. The third kappa shape index (κ3) is 11.2. The largest absolute Gasteiger partial charge is 0.491 e. The minimum atomic E-state index is -0.778. The lowest BCUT2D eigenvalue weighted by Crippen LogP contribution is -2.18. The molecule has 8 nitrogen and oxygen atoms in total. The van der Waals surface area contributed by atoms with Crippen molar-refractivity contribution in [3.63, 3.8) is 0 Å². The van der Waals surface area contributed by atoms with E-state index in [1.165, 1.54) is 18.2 Å². The van der Waals surface area contributed by atoms with Crippen LogP contribution >= 0.6 is 0 Å². The Morgan fingerprint density at radius 1 is 1.10 bits per heavy atom. The van der Waals surface area contributed by atoms with E-state index in [2.05, 4.69) is 0 Å². The number of rotatable bonds is 16. The molecule has 1 rings (SSSR count). The van der Waals surface area contributed by atoms with Gasteiger partial charge in [-0.25, -0.2) is 0 Å². The molecule has 0 aromatic heterocycles. The van der Waals surface area contributed by atoms with Gasteiger partial charge in [0.15, 0.2) is 0 Å². The molecule has 0 amide bonds. The van der Waals surface area contributed by atoms with E-state index in [1.807, 2.05) is 0 Å². The summed E-state index contributed by atoms with van der Waals surface area (Å²) in [6, 6.07) is 5.81. The average molecular weight is 409 g/mol. The molecule has 0 aliphatic carbocycles. The smallest absolute Gasteiger partial charge is 0.303 e. The summed E-state index contributed by atoms with van der Waals surface area (Å²) in [7, 11) is 0. The maximum absolute atomic E-state index is 11.8. The molecule has 29 heavy (non-hydrogen) atoms. The number of hydrogen-bond acceptors (Lipinski definition) is 6. The van der Waals surface area contributed by atoms with Crippen molar-refractivity contribution in [2.75, 3.05) is 6.61 Å². The minimum Gasteiger partial charge on any atom is -0.491 e. The maximum atomic E-state index is 11.8. The van der Waals surface area contributed by atoms with Crippen LogP contribution in [-0.4, -0.2) is 39.6 Å². The number of aliphatic hydroxyl groups is 1. The number of ketones is 1. The Hall–Kier alpha value is -2.48. The van der Waals surface area contributed by atoms with Crippen LogP contribution in [0.4, 0.5) is 5.69 Å². The standard InChI is InChI=1S/C21H31NO7/c1-16(23)17(8-4-2-3-5-13-21(25)26)9-6-11-19(24)15-29-20-12-7-10-18(14-20)22(27)28/h7,10,12,14,17,19,24H,2-6,8-9,11,13,15H2,1H3,(H,25,26). The summed E-state index contributed by atoms with van der Waals surface area (Å²) in [5, 5.41) is 29.4. The number of benzene rings is 1. The first-order chi connectivity index (χ1) is 13.8. The number of nitro benzene ring substituents is 1. The molecule has 1 aromatic rings. The molecule has 0 spiro atoms. The van der Waals surface area contributed by atoms with Crippen LogP contribution in [0.3, 0.4) is 0 Å². The highest BCUT2D eigenvalue weighted by atomic mass is 16.6. The summed E-state index contributed by atoms with van der Waals surface area (Å²) in [4.78, 5) is 32.5. The number of unbranched alkanes of at least 4 members (excludes halogenated alkanes) is 3. The van der Waals surface area contributed by atoms with Gasteiger partial charge in [0.25, 0.3) is 5.69 Å². The van der Waals surface area contributed by atoms with Crippen molar-refractivity contribution in [2.45, 2.75) is 70.8 Å². The Morgan fingerprint density at radius 2 is 1.79 bits per heavy atom. The first-order valence-electron chi connectivity index (χ1n) is 10.1. The Morgan fingerprint density at radius 3 is 2.45 bits per heavy atom. The Kier molecular flexibility index (Phi) is 11.6. The molecule has 0 saturated carbocycles. The summed E-state index contributed by atoms with van der Waals surface area (Å²) < 4.78 is 5.42. The van der Waals surface area contributed by atoms with E-state index in [-0.39, 0.29) is 30.4 Å². The number of ether oxygens (including phenoxy) is 1. The lowest BCUT2D eigenvalue weighted by atomic mass is 9.91. The monoisotopic (exact) mass is 409 g/mol. The van der Waals surface area contributed by atoms with Gasteiger partial charge in [-0.05, 0) is 38.7 Å². The summed E-state index contributed by atoms with van der Waals surface area (Å²) in [5.74, 6) is -0.348. The van der Waals surface area contributed by atoms with Crippen LogP contribution in [-0.2, 0) is 9.59 Å². The topological polar surface area (TPSA) is 127 Å². The van der Waals surface area contributed by atoms with Crippen molar-refractivity contribution in [3.8, 4) is 5.75 Å². The number of hydrogen-bond donors (Lipinski definition) is 2. The summed E-state index contributed by atoms with van der Waals surface area (Å²) >= 11 is 0. The number of carboxylic acids is 1. The highest BCUT2D eigenvalue weighted by molar-refractivity contribution is 5.78. The number of carbonyl (C=O) groups excluding carboxylic acids is 1. The van der Waals surface area contributed by atoms with Crippen LogP contribution in [0.5, 0.6) is 5.75 Å². The van der Waals surface area contributed by atoms with E-state index in [9.17, 15) is 24.8 Å². The van der Waals surface area contributed by atoms with Gasteiger partial charge in [-0.3, -0.25) is 19.7 Å². The summed E-state index contributed by atoms with van der Waals surface area (Å²) in [6.07, 6.45) is 5.44. The molecule has 2 unspecified atom stereocenters. The SMILES string of the molecule is CC(=O)C(CCCCCCC(=O)O)CCCC(O)COc1cccc([N+](=O)[O-])c1. The van der Waals surface area contributed by atoms with E-state index < -0.39 is 17.0 Å². The predicted octanol–water partition coefficient (Wildman–Crippen LogP) is 4.14. The van der Waals surface area contributed by atoms with E-state index in [4.69, 9.17) is 9.84 Å². The van der Waals surface area contributed by atoms with Crippen LogP contribution < -0.4 is 4.74 Å². The van der Waals surface area contributed by atoms with Gasteiger partial charge in [0.05, 0.1) is 17.1 Å². The molecule has 0 radical (unpaired) electrons. The van der Waals surface area contributed by atoms with E-state index in [0.29, 0.717) is 31.4 Å². The summed E-state index contributed by atoms with van der Waals surface area (Å²) in [5.41, 5.74) is -0.0655. The van der Waals surface area contributed by atoms with E-state index in [1.54, 1.807) is 13.0 Å². The number of nitro groups is 1. The number of nitrogens with zero attached hydrogens (tertiary/aromatic N) is 1. The van der Waals surface area contributed by atoms with Crippen molar-refractivity contribution >= 4 is 17.4 Å². The van der Waals surface area contributed by atoms with Gasteiger partial charge in [-0.1, -0.05) is 31.7 Å². The fraction of sp³-hybridized carbons (Fsp3) is 0.619. The van der Waals surface area contributed by atoms with Crippen molar-refractivity contribution in [3.05, 3.63) is 34.4 Å². The Labute approximate surface area is 171 Å². The average Bonchev–Trinajstić information content (AvgIpc) is 2.67. The molecule has 0 fully saturated rings. The quantitative estimate of drug-likeness (QED) is 0.239. The lowest BCUT2D eigenvalue weighted by molar-refractivity contribution is -0.384. The highest BCUT2D eigenvalue weighted by Gasteiger charge is 2.15. The van der Waals surface area contributed by atoms with Gasteiger partial charge in [0.2, 0.25) is 0 Å². The van der Waals surface area contributed by atoms with Gasteiger partial charge in [-0.2, -0.15) is 0 Å². The number of carboxylic acid groups (broad SMARTS) is 1.